The fraction of sp³-hybridized carbons (Fsp3) is 0.632. The number of carbonyl (C=O) groups excluding carboxylic acids is 1. The summed E-state index contributed by atoms with van der Waals surface area (Å²) in [6.45, 7) is 9.94. The fourth-order valence-corrected chi connectivity index (χ4v) is 3.43. The highest BCUT2D eigenvalue weighted by molar-refractivity contribution is 5.98. The predicted molar refractivity (Wildman–Crippen MR) is 121 cm³/mol. The molecule has 28 heavy (non-hydrogen) atoms. The number of nitrogens with zero attached hydrogens (tertiary/aromatic N) is 2. The number of ether oxygens (including phenoxy) is 1. The number of hydrogen-bond acceptors (Lipinski definition) is 5. The number of anilines is 1. The molecule has 3 rings (SSSR count). The highest BCUT2D eigenvalue weighted by Crippen LogP contribution is 2.20. The molecule has 0 unspecified atom stereocenters. The van der Waals surface area contributed by atoms with Gasteiger partial charge in [0.15, 0.2) is 0 Å². The highest BCUT2D eigenvalue weighted by Gasteiger charge is 2.35. The average molecular weight is 456 g/mol. The van der Waals surface area contributed by atoms with Crippen LogP contribution in [0.1, 0.15) is 25.3 Å². The van der Waals surface area contributed by atoms with Crippen LogP contribution in [0.15, 0.2) is 24.3 Å². The molecule has 1 aromatic carbocycles. The average Bonchev–Trinajstić information content (AvgIpc) is 2.64. The van der Waals surface area contributed by atoms with Gasteiger partial charge in [-0.3, -0.25) is 9.69 Å². The molecule has 3 N–H and O–H groups in total. The van der Waals surface area contributed by atoms with Crippen molar-refractivity contribution in [2.75, 3.05) is 51.3 Å². The predicted octanol–water partition coefficient (Wildman–Crippen LogP) is 2.54. The van der Waals surface area contributed by atoms with E-state index in [2.05, 4.69) is 34.2 Å². The van der Waals surface area contributed by atoms with Gasteiger partial charge in [-0.05, 0) is 37.1 Å². The van der Waals surface area contributed by atoms with E-state index in [4.69, 9.17) is 10.5 Å². The molecule has 0 atom stereocenters. The molecule has 1 aromatic rings. The Morgan fingerprint density at radius 2 is 1.57 bits per heavy atom. The van der Waals surface area contributed by atoms with Gasteiger partial charge in [-0.25, -0.2) is 0 Å². The lowest BCUT2D eigenvalue weighted by molar-refractivity contribution is -0.124. The Morgan fingerprint density at radius 3 is 2.11 bits per heavy atom. The number of benzene rings is 1. The molecule has 6 nitrogen and oxygen atoms in total. The number of nitrogens with one attached hydrogen (secondary N) is 1. The summed E-state index contributed by atoms with van der Waals surface area (Å²) in [6, 6.07) is 8.13. The molecule has 2 heterocycles. The summed E-state index contributed by atoms with van der Waals surface area (Å²) in [5.74, 6) is -0.112. The van der Waals surface area contributed by atoms with Crippen LogP contribution in [0.3, 0.4) is 0 Å². The molecule has 2 aliphatic rings. The maximum atomic E-state index is 12.4. The topological polar surface area (TPSA) is 70.8 Å². The van der Waals surface area contributed by atoms with Crippen LogP contribution in [-0.2, 0) is 16.1 Å². The van der Waals surface area contributed by atoms with E-state index in [0.29, 0.717) is 26.1 Å². The third kappa shape index (κ3) is 7.34. The van der Waals surface area contributed by atoms with Crippen LogP contribution in [-0.4, -0.2) is 67.2 Å². The van der Waals surface area contributed by atoms with E-state index in [1.165, 1.54) is 5.56 Å². The molecule has 0 radical (unpaired) electrons. The monoisotopic (exact) mass is 454 g/mol. The number of nitrogens with two attached hydrogens (primary N) is 1. The molecule has 1 amide bonds. The van der Waals surface area contributed by atoms with Gasteiger partial charge in [-0.2, -0.15) is 0 Å². The Balaban J connectivity index is 0.00000243. The van der Waals surface area contributed by atoms with Gasteiger partial charge in [-0.15, -0.1) is 37.2 Å². The largest absolute Gasteiger partial charge is 0.381 e. The Labute approximate surface area is 186 Å². The first kappa shape index (κ1) is 27.4. The van der Waals surface area contributed by atoms with Gasteiger partial charge >= 0.3 is 0 Å². The number of piperazine rings is 1. The Morgan fingerprint density at radius 1 is 1.04 bits per heavy atom. The van der Waals surface area contributed by atoms with Gasteiger partial charge in [0.2, 0.25) is 5.91 Å². The van der Waals surface area contributed by atoms with Crippen molar-refractivity contribution in [2.45, 2.75) is 31.8 Å². The first-order valence-corrected chi connectivity index (χ1v) is 9.31. The lowest BCUT2D eigenvalue weighted by Crippen LogP contribution is -2.54. The van der Waals surface area contributed by atoms with E-state index in [9.17, 15) is 4.79 Å². The number of carbonyl (C=O) groups is 1. The molecule has 0 aliphatic carbocycles. The third-order valence-electron chi connectivity index (χ3n) is 5.37. The van der Waals surface area contributed by atoms with Crippen LogP contribution in [0, 0.1) is 0 Å². The minimum absolute atomic E-state index is 0. The van der Waals surface area contributed by atoms with Crippen molar-refractivity contribution < 1.29 is 9.53 Å². The molecular formula is C19H33Cl3N4O2. The van der Waals surface area contributed by atoms with Gasteiger partial charge in [0.25, 0.3) is 0 Å². The summed E-state index contributed by atoms with van der Waals surface area (Å²) in [6.07, 6.45) is 1.14. The van der Waals surface area contributed by atoms with E-state index < -0.39 is 5.54 Å². The number of likely N-dealkylation sites (N-methyl/N-ethyl adjacent to an activating group) is 1. The van der Waals surface area contributed by atoms with Crippen molar-refractivity contribution >= 4 is 48.8 Å². The second-order valence-corrected chi connectivity index (χ2v) is 7.13. The number of amides is 1. The summed E-state index contributed by atoms with van der Waals surface area (Å²) >= 11 is 0. The Bertz CT molecular complexity index is 575. The zero-order chi connectivity index (χ0) is 17.7. The maximum Gasteiger partial charge on any atom is 0.244 e. The molecule has 0 aromatic heterocycles. The van der Waals surface area contributed by atoms with Crippen molar-refractivity contribution in [3.05, 3.63) is 29.8 Å². The standard InChI is InChI=1S/C19H30N4O2.3ClH/c1-2-22-9-11-23(12-10-22)15-16-3-5-17(6-4-16)21-18(24)19(20)7-13-25-14-8-19;;;/h3-6H,2,7-15,20H2,1H3,(H,21,24);3*1H. The first-order chi connectivity index (χ1) is 12.1. The summed E-state index contributed by atoms with van der Waals surface area (Å²) < 4.78 is 5.30. The second kappa shape index (κ2) is 12.9. The normalized spacial score (nSPS) is 19.5. The molecular weight excluding hydrogens is 423 g/mol. The van der Waals surface area contributed by atoms with Crippen molar-refractivity contribution in [3.63, 3.8) is 0 Å². The lowest BCUT2D eigenvalue weighted by Gasteiger charge is -2.34. The van der Waals surface area contributed by atoms with Crippen LogP contribution >= 0.6 is 37.2 Å². The van der Waals surface area contributed by atoms with Gasteiger partial charge in [0, 0.05) is 51.6 Å². The quantitative estimate of drug-likeness (QED) is 0.714. The lowest BCUT2D eigenvalue weighted by atomic mass is 9.90. The van der Waals surface area contributed by atoms with Gasteiger partial charge in [-0.1, -0.05) is 19.1 Å². The molecule has 2 aliphatic heterocycles. The first-order valence-electron chi connectivity index (χ1n) is 9.31. The smallest absolute Gasteiger partial charge is 0.244 e. The van der Waals surface area contributed by atoms with Crippen LogP contribution in [0.25, 0.3) is 0 Å². The summed E-state index contributed by atoms with van der Waals surface area (Å²) in [7, 11) is 0. The van der Waals surface area contributed by atoms with Crippen molar-refractivity contribution in [2.24, 2.45) is 5.73 Å². The molecule has 2 fully saturated rings. The summed E-state index contributed by atoms with van der Waals surface area (Å²) in [5, 5.41) is 2.96. The number of rotatable bonds is 5. The minimum atomic E-state index is -0.810. The molecule has 162 valence electrons. The minimum Gasteiger partial charge on any atom is -0.381 e. The van der Waals surface area contributed by atoms with E-state index in [1.54, 1.807) is 0 Å². The van der Waals surface area contributed by atoms with Crippen LogP contribution in [0.2, 0.25) is 0 Å². The zero-order valence-electron chi connectivity index (χ0n) is 16.4. The SMILES string of the molecule is CCN1CCN(Cc2ccc(NC(=O)C3(N)CCOCC3)cc2)CC1.Cl.Cl.Cl. The van der Waals surface area contributed by atoms with E-state index in [-0.39, 0.29) is 43.1 Å². The van der Waals surface area contributed by atoms with Crippen molar-refractivity contribution in [1.82, 2.24) is 9.80 Å². The Hall–Kier alpha value is -0.600. The second-order valence-electron chi connectivity index (χ2n) is 7.13. The van der Waals surface area contributed by atoms with Crippen LogP contribution in [0.4, 0.5) is 5.69 Å². The molecule has 2 saturated heterocycles. The summed E-state index contributed by atoms with van der Waals surface area (Å²) in [4.78, 5) is 17.4. The van der Waals surface area contributed by atoms with E-state index in [1.807, 2.05) is 12.1 Å². The molecule has 0 bridgehead atoms. The van der Waals surface area contributed by atoms with E-state index in [0.717, 1.165) is 45.0 Å². The van der Waals surface area contributed by atoms with Crippen LogP contribution in [0.5, 0.6) is 0 Å². The van der Waals surface area contributed by atoms with Crippen LogP contribution < -0.4 is 11.1 Å². The van der Waals surface area contributed by atoms with Gasteiger partial charge < -0.3 is 20.7 Å². The number of hydrogen-bond donors (Lipinski definition) is 2. The number of halogens is 3. The molecule has 0 spiro atoms. The van der Waals surface area contributed by atoms with Crippen molar-refractivity contribution in [1.29, 1.82) is 0 Å². The zero-order valence-corrected chi connectivity index (χ0v) is 18.8. The van der Waals surface area contributed by atoms with Gasteiger partial charge in [0.1, 0.15) is 5.54 Å². The molecule has 9 heteroatoms. The summed E-state index contributed by atoms with van der Waals surface area (Å²) in [5.41, 5.74) is 7.50. The fourth-order valence-electron chi connectivity index (χ4n) is 3.43. The Kier molecular flexibility index (Phi) is 12.6. The third-order valence-corrected chi connectivity index (χ3v) is 5.37. The highest BCUT2D eigenvalue weighted by atomic mass is 35.5. The van der Waals surface area contributed by atoms with Gasteiger partial charge in [0.05, 0.1) is 0 Å². The van der Waals surface area contributed by atoms with Crippen molar-refractivity contribution in [3.8, 4) is 0 Å². The molecule has 0 saturated carbocycles. The maximum absolute atomic E-state index is 12.4. The van der Waals surface area contributed by atoms with E-state index >= 15 is 0 Å².